The van der Waals surface area contributed by atoms with Crippen LogP contribution in [-0.4, -0.2) is 12.0 Å². The summed E-state index contributed by atoms with van der Waals surface area (Å²) in [4.78, 5) is 12.8. The fourth-order valence-electron chi connectivity index (χ4n) is 3.67. The molecule has 26 heavy (non-hydrogen) atoms. The largest absolute Gasteiger partial charge is 0.481 e. The first-order valence-electron chi connectivity index (χ1n) is 9.23. The van der Waals surface area contributed by atoms with E-state index >= 15 is 0 Å². The number of nitrogens with one attached hydrogen (secondary N) is 1. The fourth-order valence-corrected chi connectivity index (χ4v) is 3.67. The summed E-state index contributed by atoms with van der Waals surface area (Å²) in [5, 5.41) is 5.51. The van der Waals surface area contributed by atoms with Gasteiger partial charge in [0, 0.05) is 11.1 Å². The maximum Gasteiger partial charge on any atom is 0.265 e. The lowest BCUT2D eigenvalue weighted by Crippen LogP contribution is -2.32. The van der Waals surface area contributed by atoms with Crippen LogP contribution >= 0.6 is 0 Å². The predicted molar refractivity (Wildman–Crippen MR) is 106 cm³/mol. The van der Waals surface area contributed by atoms with Gasteiger partial charge in [0.1, 0.15) is 5.75 Å². The van der Waals surface area contributed by atoms with Crippen LogP contribution in [0.2, 0.25) is 0 Å². The minimum Gasteiger partial charge on any atom is -0.481 e. The molecule has 1 amide bonds. The number of carbonyl (C=O) groups is 1. The molecule has 1 N–H and O–H groups in total. The Balaban J connectivity index is 1.57. The molecule has 1 aliphatic rings. The van der Waals surface area contributed by atoms with Crippen molar-refractivity contribution in [2.45, 2.75) is 39.2 Å². The lowest BCUT2D eigenvalue weighted by atomic mass is 10.0. The molecule has 0 unspecified atom stereocenters. The Morgan fingerprint density at radius 3 is 2.50 bits per heavy atom. The van der Waals surface area contributed by atoms with Crippen molar-refractivity contribution in [1.82, 2.24) is 0 Å². The zero-order chi connectivity index (χ0) is 18.1. The smallest absolute Gasteiger partial charge is 0.265 e. The summed E-state index contributed by atoms with van der Waals surface area (Å²) >= 11 is 0. The van der Waals surface area contributed by atoms with Crippen molar-refractivity contribution >= 4 is 22.4 Å². The molecular weight excluding hydrogens is 322 g/mol. The molecule has 3 aromatic carbocycles. The normalized spacial score (nSPS) is 13.6. The molecule has 0 saturated heterocycles. The van der Waals surface area contributed by atoms with Crippen LogP contribution < -0.4 is 10.1 Å². The van der Waals surface area contributed by atoms with E-state index in [2.05, 4.69) is 29.6 Å². The highest BCUT2D eigenvalue weighted by Crippen LogP contribution is 2.35. The number of benzene rings is 3. The van der Waals surface area contributed by atoms with Crippen LogP contribution in [0.3, 0.4) is 0 Å². The molecule has 3 nitrogen and oxygen atoms in total. The minimum absolute atomic E-state index is 0.105. The van der Waals surface area contributed by atoms with Crippen molar-refractivity contribution in [2.75, 3.05) is 5.32 Å². The van der Waals surface area contributed by atoms with Crippen LogP contribution in [0.25, 0.3) is 10.8 Å². The topological polar surface area (TPSA) is 38.3 Å². The van der Waals surface area contributed by atoms with Gasteiger partial charge in [-0.05, 0) is 60.9 Å². The lowest BCUT2D eigenvalue weighted by Gasteiger charge is -2.18. The van der Waals surface area contributed by atoms with E-state index in [1.807, 2.05) is 44.2 Å². The Morgan fingerprint density at radius 2 is 1.77 bits per heavy atom. The average molecular weight is 345 g/mol. The molecule has 0 heterocycles. The third-order valence-electron chi connectivity index (χ3n) is 5.10. The number of rotatable bonds is 5. The van der Waals surface area contributed by atoms with Gasteiger partial charge >= 0.3 is 0 Å². The summed E-state index contributed by atoms with van der Waals surface area (Å²) in [5.41, 5.74) is 4.78. The lowest BCUT2D eigenvalue weighted by molar-refractivity contribution is -0.122. The van der Waals surface area contributed by atoms with Gasteiger partial charge in [-0.15, -0.1) is 0 Å². The van der Waals surface area contributed by atoms with Gasteiger partial charge in [-0.2, -0.15) is 0 Å². The van der Waals surface area contributed by atoms with Crippen LogP contribution in [0, 0.1) is 6.92 Å². The zero-order valence-corrected chi connectivity index (χ0v) is 15.2. The van der Waals surface area contributed by atoms with Crippen molar-refractivity contribution in [2.24, 2.45) is 0 Å². The summed E-state index contributed by atoms with van der Waals surface area (Å²) in [5.74, 6) is 0.616. The Hall–Kier alpha value is -2.81. The molecule has 4 rings (SSSR count). The van der Waals surface area contributed by atoms with Crippen LogP contribution in [0.1, 0.15) is 30.0 Å². The number of hydrogen-bond donors (Lipinski definition) is 1. The molecule has 3 aromatic rings. The van der Waals surface area contributed by atoms with Crippen molar-refractivity contribution in [1.29, 1.82) is 0 Å². The van der Waals surface area contributed by atoms with Gasteiger partial charge in [-0.25, -0.2) is 0 Å². The standard InChI is InChI=1S/C23H23NO2/c1-3-21(26-18-12-7-15(2)8-13-18)23(25)24-20-14-11-17-10-9-16-5-4-6-19(20)22(16)17/h4-8,11-14,21H,3,9-10H2,1-2H3,(H,24,25)/t21-/m0/s1. The molecule has 0 fully saturated rings. The van der Waals surface area contributed by atoms with E-state index in [9.17, 15) is 4.79 Å². The quantitative estimate of drug-likeness (QED) is 0.703. The Morgan fingerprint density at radius 1 is 1.04 bits per heavy atom. The first-order valence-corrected chi connectivity index (χ1v) is 9.23. The summed E-state index contributed by atoms with van der Waals surface area (Å²) in [6.07, 6.45) is 2.26. The predicted octanol–water partition coefficient (Wildman–Crippen LogP) is 5.04. The summed E-state index contributed by atoms with van der Waals surface area (Å²) in [7, 11) is 0. The number of aryl methyl sites for hydroxylation is 3. The van der Waals surface area contributed by atoms with E-state index in [4.69, 9.17) is 4.74 Å². The van der Waals surface area contributed by atoms with Crippen LogP contribution in [0.5, 0.6) is 5.75 Å². The number of anilines is 1. The molecular formula is C23H23NO2. The van der Waals surface area contributed by atoms with Gasteiger partial charge in [0.25, 0.3) is 5.91 Å². The van der Waals surface area contributed by atoms with E-state index in [0.29, 0.717) is 6.42 Å². The van der Waals surface area contributed by atoms with Gasteiger partial charge in [-0.1, -0.05) is 48.9 Å². The molecule has 132 valence electrons. The SMILES string of the molecule is CC[C@H](Oc1ccc(C)cc1)C(=O)Nc1ccc2c3c(cccc13)CC2. The number of amides is 1. The summed E-state index contributed by atoms with van der Waals surface area (Å²) < 4.78 is 5.91. The number of ether oxygens (including phenoxy) is 1. The summed E-state index contributed by atoms with van der Waals surface area (Å²) in [6.45, 7) is 4.00. The molecule has 0 aromatic heterocycles. The van der Waals surface area contributed by atoms with Gasteiger partial charge in [0.2, 0.25) is 0 Å². The first-order chi connectivity index (χ1) is 12.7. The van der Waals surface area contributed by atoms with E-state index in [0.717, 1.165) is 29.7 Å². The van der Waals surface area contributed by atoms with Crippen molar-refractivity contribution in [3.05, 3.63) is 71.3 Å². The third kappa shape index (κ3) is 3.05. The highest BCUT2D eigenvalue weighted by molar-refractivity contribution is 6.06. The average Bonchev–Trinajstić information content (AvgIpc) is 3.08. The second kappa shape index (κ2) is 6.83. The Labute approximate surface area is 154 Å². The molecule has 1 aliphatic carbocycles. The molecule has 1 atom stereocenters. The number of carbonyl (C=O) groups excluding carboxylic acids is 1. The second-order valence-corrected chi connectivity index (χ2v) is 6.93. The second-order valence-electron chi connectivity index (χ2n) is 6.93. The molecule has 0 radical (unpaired) electrons. The first kappa shape index (κ1) is 16.6. The van der Waals surface area contributed by atoms with E-state index in [1.165, 1.54) is 22.1 Å². The minimum atomic E-state index is -0.513. The van der Waals surface area contributed by atoms with Gasteiger partial charge in [0.15, 0.2) is 6.10 Å². The monoisotopic (exact) mass is 345 g/mol. The fraction of sp³-hybridized carbons (Fsp3) is 0.261. The maximum atomic E-state index is 12.8. The van der Waals surface area contributed by atoms with Crippen LogP contribution in [-0.2, 0) is 17.6 Å². The van der Waals surface area contributed by atoms with Gasteiger partial charge in [-0.3, -0.25) is 4.79 Å². The molecule has 0 aliphatic heterocycles. The number of hydrogen-bond acceptors (Lipinski definition) is 2. The van der Waals surface area contributed by atoms with Gasteiger partial charge < -0.3 is 10.1 Å². The maximum absolute atomic E-state index is 12.8. The molecule has 3 heteroatoms. The van der Waals surface area contributed by atoms with Gasteiger partial charge in [0.05, 0.1) is 0 Å². The molecule has 0 saturated carbocycles. The van der Waals surface area contributed by atoms with E-state index in [-0.39, 0.29) is 5.91 Å². The van der Waals surface area contributed by atoms with Crippen LogP contribution in [0.15, 0.2) is 54.6 Å². The molecule has 0 spiro atoms. The van der Waals surface area contributed by atoms with Crippen LogP contribution in [0.4, 0.5) is 5.69 Å². The highest BCUT2D eigenvalue weighted by Gasteiger charge is 2.21. The Kier molecular flexibility index (Phi) is 4.37. The van der Waals surface area contributed by atoms with Crippen molar-refractivity contribution in [3.8, 4) is 5.75 Å². The Bertz CT molecular complexity index is 950. The van der Waals surface area contributed by atoms with E-state index in [1.54, 1.807) is 0 Å². The van der Waals surface area contributed by atoms with Crippen molar-refractivity contribution < 1.29 is 9.53 Å². The molecule has 0 bridgehead atoms. The zero-order valence-electron chi connectivity index (χ0n) is 15.2. The third-order valence-corrected chi connectivity index (χ3v) is 5.10. The highest BCUT2D eigenvalue weighted by atomic mass is 16.5. The van der Waals surface area contributed by atoms with Crippen molar-refractivity contribution in [3.63, 3.8) is 0 Å². The van der Waals surface area contributed by atoms with E-state index < -0.39 is 6.10 Å². The summed E-state index contributed by atoms with van der Waals surface area (Å²) in [6, 6.07) is 18.3.